The highest BCUT2D eigenvalue weighted by atomic mass is 32.2. The molecule has 1 saturated heterocycles. The van der Waals surface area contributed by atoms with E-state index in [0.29, 0.717) is 11.5 Å². The number of amides is 2. The number of aromatic nitrogens is 4. The fraction of sp³-hybridized carbons (Fsp3) is 0.714. The number of carbonyl (C=O) groups is 3. The van der Waals surface area contributed by atoms with Crippen LogP contribution in [0.3, 0.4) is 0 Å². The molecular weight excluding hydrogens is 863 g/mol. The minimum Gasteiger partial charge on any atom is -0.386 e. The van der Waals surface area contributed by atoms with Crippen LogP contribution in [0.4, 0.5) is 5.82 Å². The monoisotopic (exact) mass is 911 g/mol. The van der Waals surface area contributed by atoms with Gasteiger partial charge in [-0.1, -0.05) is 45.4 Å². The number of imidazole rings is 1. The number of nitrogen functional groups attached to an aromatic ring is 1. The predicted octanol–water partition coefficient (Wildman–Crippen LogP) is 0.588. The summed E-state index contributed by atoms with van der Waals surface area (Å²) in [6.45, 7) is 2.65. The molecule has 24 nitrogen and oxygen atoms in total. The Balaban J connectivity index is 1.45. The number of nitrogens with zero attached hydrogens (tertiary/aromatic N) is 4. The lowest BCUT2D eigenvalue weighted by atomic mass is 9.87. The van der Waals surface area contributed by atoms with Crippen LogP contribution < -0.4 is 16.4 Å². The van der Waals surface area contributed by atoms with Crippen molar-refractivity contribution in [1.82, 2.24) is 30.2 Å². The van der Waals surface area contributed by atoms with Gasteiger partial charge in [0.15, 0.2) is 22.8 Å². The summed E-state index contributed by atoms with van der Waals surface area (Å²) in [6.07, 6.45) is -3.61. The van der Waals surface area contributed by atoms with Gasteiger partial charge in [0, 0.05) is 30.7 Å². The van der Waals surface area contributed by atoms with E-state index in [1.807, 2.05) is 0 Å². The molecule has 0 saturated carbocycles. The molecule has 324 valence electrons. The maximum atomic E-state index is 12.7. The molecule has 1 aliphatic heterocycles. The van der Waals surface area contributed by atoms with Gasteiger partial charge in [0.25, 0.3) is 0 Å². The van der Waals surface area contributed by atoms with Gasteiger partial charge >= 0.3 is 23.5 Å². The molecule has 2 aromatic rings. The average molecular weight is 912 g/mol. The minimum absolute atomic E-state index is 0.0164. The molecule has 29 heteroatoms. The molecular formula is C28H48N7O17P3S2. The van der Waals surface area contributed by atoms with Crippen molar-refractivity contribution in [1.29, 1.82) is 0 Å². The number of thioether (sulfide) groups is 2. The molecule has 2 unspecified atom stereocenters. The highest BCUT2D eigenvalue weighted by Gasteiger charge is 2.50. The number of phosphoric ester groups is 3. The third-order valence-corrected chi connectivity index (χ3v) is 13.1. The van der Waals surface area contributed by atoms with Crippen molar-refractivity contribution in [3.05, 3.63) is 12.7 Å². The smallest absolute Gasteiger partial charge is 0.386 e. The van der Waals surface area contributed by atoms with Crippen molar-refractivity contribution >= 4 is 80.9 Å². The lowest BCUT2D eigenvalue weighted by Gasteiger charge is -2.30. The van der Waals surface area contributed by atoms with E-state index in [-0.39, 0.29) is 41.6 Å². The summed E-state index contributed by atoms with van der Waals surface area (Å²) >= 11 is 2.69. The molecule has 1 fully saturated rings. The number of aliphatic hydroxyl groups excluding tert-OH is 2. The average Bonchev–Trinajstić information content (AvgIpc) is 3.68. The lowest BCUT2D eigenvalue weighted by molar-refractivity contribution is -0.137. The zero-order chi connectivity index (χ0) is 42.6. The highest BCUT2D eigenvalue weighted by Crippen LogP contribution is 2.61. The third kappa shape index (κ3) is 16.1. The van der Waals surface area contributed by atoms with Gasteiger partial charge in [0.05, 0.1) is 25.3 Å². The number of ether oxygens (including phenoxy) is 1. The first-order chi connectivity index (χ1) is 26.6. The summed E-state index contributed by atoms with van der Waals surface area (Å²) in [7, 11) is -16.4. The number of nitrogens with two attached hydrogens (primary N) is 1. The highest BCUT2D eigenvalue weighted by molar-refractivity contribution is 8.15. The topological polar surface area (TPSA) is 364 Å². The van der Waals surface area contributed by atoms with Crippen LogP contribution in [0, 0.1) is 5.41 Å². The van der Waals surface area contributed by atoms with Crippen LogP contribution >= 0.6 is 47.0 Å². The number of hydrogen-bond acceptors (Lipinski definition) is 19. The van der Waals surface area contributed by atoms with Crippen molar-refractivity contribution in [3.63, 3.8) is 0 Å². The summed E-state index contributed by atoms with van der Waals surface area (Å²) in [5.41, 5.74) is 4.27. The Morgan fingerprint density at radius 3 is 2.42 bits per heavy atom. The van der Waals surface area contributed by atoms with Crippen molar-refractivity contribution in [3.8, 4) is 0 Å². The summed E-state index contributed by atoms with van der Waals surface area (Å²) in [5.74, 6) is 0.256. The standard InChI is InChI=1S/C28H48N7O17P3S2/c1-4-5-6-10-56-13-19(37)57-11-9-30-18(36)7-8-31-26(40)23(39)28(2,3)14-49-55(46,47)52-54(44,45)48-12-17-22(51-53(41,42)43)21(38)27(50-17)35-16-34-20-24(29)32-15-33-25(20)35/h15-17,21-23,27,38-39H,4-14H2,1-3H3,(H,30,36)(H,31,40)(H,44,45)(H,46,47)(H2,29,32,33)(H2,41,42,43)/t17-,21+,22-,23+,27+/m0/s1. The largest absolute Gasteiger partial charge is 0.481 e. The van der Waals surface area contributed by atoms with E-state index in [0.717, 1.165) is 54.0 Å². The Kier molecular flexibility index (Phi) is 19.0. The molecule has 0 aromatic carbocycles. The molecule has 10 N–H and O–H groups in total. The summed E-state index contributed by atoms with van der Waals surface area (Å²) in [6, 6.07) is 0. The van der Waals surface area contributed by atoms with Gasteiger partial charge < -0.3 is 50.9 Å². The molecule has 0 aliphatic carbocycles. The van der Waals surface area contributed by atoms with E-state index < -0.39 is 84.6 Å². The van der Waals surface area contributed by atoms with Crippen LogP contribution in [0.5, 0.6) is 0 Å². The Morgan fingerprint density at radius 2 is 1.74 bits per heavy atom. The first-order valence-corrected chi connectivity index (χ1v) is 23.8. The van der Waals surface area contributed by atoms with Crippen molar-refractivity contribution in [2.24, 2.45) is 5.41 Å². The quantitative estimate of drug-likeness (QED) is 0.0486. The first-order valence-electron chi connectivity index (χ1n) is 17.2. The van der Waals surface area contributed by atoms with Crippen LogP contribution in [-0.4, -0.2) is 134 Å². The van der Waals surface area contributed by atoms with E-state index in [4.69, 9.17) is 19.5 Å². The molecule has 3 rings (SSSR count). The zero-order valence-corrected chi connectivity index (χ0v) is 35.3. The second-order valence-electron chi connectivity index (χ2n) is 13.0. The van der Waals surface area contributed by atoms with Crippen molar-refractivity contribution < 1.29 is 80.5 Å². The lowest BCUT2D eigenvalue weighted by Crippen LogP contribution is -2.46. The summed E-state index contributed by atoms with van der Waals surface area (Å²) < 4.78 is 62.1. The van der Waals surface area contributed by atoms with Crippen LogP contribution in [0.2, 0.25) is 0 Å². The summed E-state index contributed by atoms with van der Waals surface area (Å²) in [5, 5.41) is 26.4. The van der Waals surface area contributed by atoms with Crippen molar-refractivity contribution in [2.75, 3.05) is 49.3 Å². The van der Waals surface area contributed by atoms with E-state index in [2.05, 4.69) is 41.3 Å². The number of aliphatic hydroxyl groups is 2. The molecule has 2 aromatic heterocycles. The van der Waals surface area contributed by atoms with E-state index in [1.54, 1.807) is 11.8 Å². The van der Waals surface area contributed by atoms with E-state index in [9.17, 15) is 57.9 Å². The van der Waals surface area contributed by atoms with Crippen LogP contribution in [-0.2, 0) is 50.7 Å². The zero-order valence-electron chi connectivity index (χ0n) is 31.0. The number of nitrogens with one attached hydrogen (secondary N) is 2. The number of carbonyl (C=O) groups excluding carboxylic acids is 3. The molecule has 0 spiro atoms. The van der Waals surface area contributed by atoms with Gasteiger partial charge in [0.1, 0.15) is 36.3 Å². The normalized spacial score (nSPS) is 21.5. The number of hydrogen-bond donors (Lipinski definition) is 9. The molecule has 1 aliphatic rings. The second kappa shape index (κ2) is 22.0. The van der Waals surface area contributed by atoms with Crippen LogP contribution in [0.15, 0.2) is 12.7 Å². The number of phosphoric acid groups is 3. The number of fused-ring (bicyclic) bond motifs is 1. The summed E-state index contributed by atoms with van der Waals surface area (Å²) in [4.78, 5) is 87.6. The second-order valence-corrected chi connectivity index (χ2v) is 19.5. The number of rotatable bonds is 25. The van der Waals surface area contributed by atoms with Gasteiger partial charge in [-0.15, -0.1) is 0 Å². The predicted molar refractivity (Wildman–Crippen MR) is 204 cm³/mol. The Morgan fingerprint density at radius 1 is 1.04 bits per heavy atom. The van der Waals surface area contributed by atoms with Gasteiger partial charge in [-0.25, -0.2) is 28.6 Å². The van der Waals surface area contributed by atoms with Crippen molar-refractivity contribution in [2.45, 2.75) is 77.1 Å². The molecule has 7 atom stereocenters. The number of unbranched alkanes of at least 4 members (excludes halogenated alkanes) is 2. The van der Waals surface area contributed by atoms with Crippen LogP contribution in [0.1, 0.15) is 52.7 Å². The van der Waals surface area contributed by atoms with Gasteiger partial charge in [-0.2, -0.15) is 16.1 Å². The molecule has 0 bridgehead atoms. The molecule has 3 heterocycles. The van der Waals surface area contributed by atoms with E-state index in [1.165, 1.54) is 13.8 Å². The Hall–Kier alpha value is -2.09. The van der Waals surface area contributed by atoms with Gasteiger partial charge in [0.2, 0.25) is 11.8 Å². The fourth-order valence-corrected chi connectivity index (χ4v) is 9.51. The van der Waals surface area contributed by atoms with Crippen LogP contribution in [0.25, 0.3) is 11.2 Å². The number of anilines is 1. The van der Waals surface area contributed by atoms with E-state index >= 15 is 0 Å². The molecule has 0 radical (unpaired) electrons. The fourth-order valence-electron chi connectivity index (χ4n) is 4.95. The third-order valence-electron chi connectivity index (χ3n) is 7.88. The Labute approximate surface area is 335 Å². The first kappa shape index (κ1) is 49.3. The van der Waals surface area contributed by atoms with Gasteiger partial charge in [-0.05, 0) is 12.2 Å². The maximum Gasteiger partial charge on any atom is 0.481 e. The Bertz CT molecular complexity index is 1820. The SMILES string of the molecule is CCCCCSCC(=O)SCCNC(=O)CCNC(=O)[C@@H](O)C(C)(C)COP(=O)(O)OP(=O)(O)OC[C@@H]1O[C@@H](n2cnc3c(N)ncnc32)[C@H](O)[C@H]1OP(=O)(O)O. The van der Waals surface area contributed by atoms with Gasteiger partial charge in [-0.3, -0.25) is 32.5 Å². The molecule has 2 amide bonds. The molecule has 57 heavy (non-hydrogen) atoms. The maximum absolute atomic E-state index is 12.7. The minimum atomic E-state index is -5.57.